The van der Waals surface area contributed by atoms with Crippen LogP contribution in [0, 0.1) is 0 Å². The summed E-state index contributed by atoms with van der Waals surface area (Å²) in [5.74, 6) is 0.323. The van der Waals surface area contributed by atoms with Crippen LogP contribution in [-0.2, 0) is 27.2 Å². The topological polar surface area (TPSA) is 94.3 Å². The van der Waals surface area contributed by atoms with Crippen molar-refractivity contribution in [3.05, 3.63) is 11.3 Å². The molecule has 3 rings (SSSR count). The maximum absolute atomic E-state index is 12.5. The zero-order chi connectivity index (χ0) is 19.1. The molecule has 0 aromatic carbocycles. The molecule has 1 aromatic rings. The first-order valence-electron chi connectivity index (χ1n) is 8.63. The van der Waals surface area contributed by atoms with E-state index in [2.05, 4.69) is 5.16 Å². The lowest BCUT2D eigenvalue weighted by molar-refractivity contribution is 0.0138. The van der Waals surface area contributed by atoms with Crippen molar-refractivity contribution in [3.63, 3.8) is 0 Å². The summed E-state index contributed by atoms with van der Waals surface area (Å²) in [5.41, 5.74) is 0.875. The van der Waals surface area contributed by atoms with Crippen molar-refractivity contribution < 1.29 is 28.3 Å². The summed E-state index contributed by atoms with van der Waals surface area (Å²) in [7, 11) is 1.55. The third-order valence-electron chi connectivity index (χ3n) is 4.30. The van der Waals surface area contributed by atoms with Gasteiger partial charge in [-0.3, -0.25) is 0 Å². The highest BCUT2D eigenvalue weighted by Gasteiger charge is 2.40. The van der Waals surface area contributed by atoms with Gasteiger partial charge in [0.25, 0.3) is 0 Å². The maximum atomic E-state index is 12.5. The second kappa shape index (κ2) is 6.79. The first-order valence-corrected chi connectivity index (χ1v) is 8.63. The molecule has 144 valence electrons. The molecule has 0 aliphatic carbocycles. The van der Waals surface area contributed by atoms with E-state index in [9.17, 15) is 9.59 Å². The molecule has 9 nitrogen and oxygen atoms in total. The summed E-state index contributed by atoms with van der Waals surface area (Å²) in [5, 5.41) is 4.09. The van der Waals surface area contributed by atoms with Crippen molar-refractivity contribution >= 4 is 18.1 Å². The van der Waals surface area contributed by atoms with E-state index >= 15 is 0 Å². The molecule has 9 heteroatoms. The molecule has 2 atom stereocenters. The molecule has 0 unspecified atom stereocenters. The van der Waals surface area contributed by atoms with Gasteiger partial charge in [0.1, 0.15) is 11.7 Å². The number of anilines is 1. The minimum Gasteiger partial charge on any atom is -0.444 e. The van der Waals surface area contributed by atoms with Crippen LogP contribution in [0.2, 0.25) is 0 Å². The van der Waals surface area contributed by atoms with E-state index in [1.54, 1.807) is 12.0 Å². The number of methoxy groups -OCH3 is 1. The Morgan fingerprint density at radius 2 is 2.12 bits per heavy atom. The predicted octanol–water partition coefficient (Wildman–Crippen LogP) is 2.33. The third-order valence-corrected chi connectivity index (χ3v) is 4.30. The molecule has 0 spiro atoms. The smallest absolute Gasteiger partial charge is 0.417 e. The molecule has 1 fully saturated rings. The number of nitrogens with zero attached hydrogens (tertiary/aromatic N) is 3. The molecule has 1 aromatic heterocycles. The molecule has 2 aliphatic rings. The molecule has 3 heterocycles. The minimum absolute atomic E-state index is 0.0814. The van der Waals surface area contributed by atoms with Crippen LogP contribution in [0.3, 0.4) is 0 Å². The van der Waals surface area contributed by atoms with Gasteiger partial charge in [0.05, 0.1) is 31.0 Å². The second-order valence-corrected chi connectivity index (χ2v) is 7.65. The largest absolute Gasteiger partial charge is 0.444 e. The zero-order valence-electron chi connectivity index (χ0n) is 15.8. The summed E-state index contributed by atoms with van der Waals surface area (Å²) < 4.78 is 21.2. The van der Waals surface area contributed by atoms with Gasteiger partial charge in [-0.1, -0.05) is 5.16 Å². The Morgan fingerprint density at radius 3 is 2.77 bits per heavy atom. The summed E-state index contributed by atoms with van der Waals surface area (Å²) >= 11 is 0. The average Bonchev–Trinajstić information content (AvgIpc) is 3.07. The van der Waals surface area contributed by atoms with E-state index in [1.165, 1.54) is 4.90 Å². The first-order chi connectivity index (χ1) is 12.2. The summed E-state index contributed by atoms with van der Waals surface area (Å²) in [6, 6.07) is -0.0814. The highest BCUT2D eigenvalue weighted by Crippen LogP contribution is 2.34. The van der Waals surface area contributed by atoms with E-state index in [0.717, 1.165) is 5.69 Å². The van der Waals surface area contributed by atoms with Crippen molar-refractivity contribution in [1.82, 2.24) is 10.1 Å². The Morgan fingerprint density at radius 1 is 1.38 bits per heavy atom. The summed E-state index contributed by atoms with van der Waals surface area (Å²) in [6.07, 6.45) is -0.738. The Bertz CT molecular complexity index is 695. The van der Waals surface area contributed by atoms with Crippen LogP contribution in [-0.4, -0.2) is 60.3 Å². The lowest BCUT2D eigenvalue weighted by Crippen LogP contribution is -2.45. The van der Waals surface area contributed by atoms with Crippen LogP contribution in [0.4, 0.5) is 15.5 Å². The summed E-state index contributed by atoms with van der Waals surface area (Å²) in [6.45, 7) is 8.29. The average molecular weight is 367 g/mol. The van der Waals surface area contributed by atoms with Gasteiger partial charge < -0.3 is 23.6 Å². The first kappa shape index (κ1) is 18.5. The third kappa shape index (κ3) is 3.62. The molecule has 0 bridgehead atoms. The number of carbonyl (C=O) groups is 2. The molecule has 0 N–H and O–H groups in total. The minimum atomic E-state index is -0.583. The number of rotatable bonds is 3. The monoisotopic (exact) mass is 367 g/mol. The van der Waals surface area contributed by atoms with Crippen molar-refractivity contribution in [3.8, 4) is 0 Å². The fourth-order valence-corrected chi connectivity index (χ4v) is 3.10. The molecular weight excluding hydrogens is 342 g/mol. The van der Waals surface area contributed by atoms with Crippen LogP contribution in [0.1, 0.15) is 39.0 Å². The molecule has 26 heavy (non-hydrogen) atoms. The second-order valence-electron chi connectivity index (χ2n) is 7.65. The molecule has 2 amide bonds. The normalized spacial score (nSPS) is 23.0. The Labute approximate surface area is 152 Å². The van der Waals surface area contributed by atoms with E-state index in [4.69, 9.17) is 18.7 Å². The van der Waals surface area contributed by atoms with Crippen LogP contribution in [0.25, 0.3) is 0 Å². The van der Waals surface area contributed by atoms with Crippen LogP contribution < -0.4 is 4.90 Å². The molecule has 0 saturated carbocycles. The fourth-order valence-electron chi connectivity index (χ4n) is 3.10. The standard InChI is InChI=1S/C17H25N3O6/c1-10-6-13-12(8-19(10)16(22)25-17(2,3)4)14(26-18-13)20-7-11(9-23-5)24-15(20)21/h10-11H,6-9H2,1-5H3/t10-,11-/m0/s1. The van der Waals surface area contributed by atoms with Gasteiger partial charge in [0.15, 0.2) is 0 Å². The van der Waals surface area contributed by atoms with Crippen molar-refractivity contribution in [2.75, 3.05) is 25.2 Å². The van der Waals surface area contributed by atoms with Crippen molar-refractivity contribution in [1.29, 1.82) is 0 Å². The van der Waals surface area contributed by atoms with E-state index in [0.29, 0.717) is 31.0 Å². The number of fused-ring (bicyclic) bond motifs is 1. The Kier molecular flexibility index (Phi) is 4.83. The quantitative estimate of drug-likeness (QED) is 0.809. The van der Waals surface area contributed by atoms with Gasteiger partial charge >= 0.3 is 12.2 Å². The predicted molar refractivity (Wildman–Crippen MR) is 90.9 cm³/mol. The van der Waals surface area contributed by atoms with Crippen LogP contribution in [0.15, 0.2) is 4.52 Å². The molecule has 2 aliphatic heterocycles. The van der Waals surface area contributed by atoms with Crippen molar-refractivity contribution in [2.45, 2.75) is 58.4 Å². The number of carbonyl (C=O) groups excluding carboxylic acids is 2. The van der Waals surface area contributed by atoms with Gasteiger partial charge in [-0.25, -0.2) is 14.5 Å². The van der Waals surface area contributed by atoms with Gasteiger partial charge in [-0.15, -0.1) is 0 Å². The number of ether oxygens (including phenoxy) is 3. The Balaban J connectivity index is 1.81. The van der Waals surface area contributed by atoms with Gasteiger partial charge in [-0.2, -0.15) is 0 Å². The van der Waals surface area contributed by atoms with E-state index in [-0.39, 0.29) is 18.7 Å². The maximum Gasteiger partial charge on any atom is 0.417 e. The number of cyclic esters (lactones) is 1. The fraction of sp³-hybridized carbons (Fsp3) is 0.706. The molecule has 0 radical (unpaired) electrons. The highest BCUT2D eigenvalue weighted by atomic mass is 16.6. The SMILES string of the molecule is COC[C@@H]1CN(c2onc3c2CN(C(=O)OC(C)(C)C)[C@@H](C)C3)C(=O)O1. The number of hydrogen-bond acceptors (Lipinski definition) is 7. The zero-order valence-corrected chi connectivity index (χ0v) is 15.8. The highest BCUT2D eigenvalue weighted by molar-refractivity contribution is 5.89. The number of hydrogen-bond donors (Lipinski definition) is 0. The van der Waals surface area contributed by atoms with Gasteiger partial charge in [-0.05, 0) is 27.7 Å². The summed E-state index contributed by atoms with van der Waals surface area (Å²) in [4.78, 5) is 27.7. The van der Waals surface area contributed by atoms with Crippen LogP contribution >= 0.6 is 0 Å². The number of amides is 2. The van der Waals surface area contributed by atoms with E-state index in [1.807, 2.05) is 27.7 Å². The van der Waals surface area contributed by atoms with Gasteiger partial charge in [0, 0.05) is 19.6 Å². The lowest BCUT2D eigenvalue weighted by Gasteiger charge is -2.34. The van der Waals surface area contributed by atoms with Crippen molar-refractivity contribution in [2.24, 2.45) is 0 Å². The Hall–Kier alpha value is -2.29. The number of aromatic nitrogens is 1. The molecule has 1 saturated heterocycles. The van der Waals surface area contributed by atoms with E-state index < -0.39 is 17.8 Å². The van der Waals surface area contributed by atoms with Crippen LogP contribution in [0.5, 0.6) is 0 Å². The lowest BCUT2D eigenvalue weighted by atomic mass is 10.0. The van der Waals surface area contributed by atoms with Gasteiger partial charge in [0.2, 0.25) is 5.88 Å². The molecular formula is C17H25N3O6.